The van der Waals surface area contributed by atoms with Gasteiger partial charge in [-0.05, 0) is 67.9 Å². The van der Waals surface area contributed by atoms with Gasteiger partial charge in [0.25, 0.3) is 0 Å². The van der Waals surface area contributed by atoms with Crippen LogP contribution in [0, 0.1) is 0 Å². The molecule has 0 radical (unpaired) electrons. The Balaban J connectivity index is 2.06. The zero-order valence-corrected chi connectivity index (χ0v) is 15.2. The Labute approximate surface area is 153 Å². The second-order valence-corrected chi connectivity index (χ2v) is 7.93. The molecule has 0 fully saturated rings. The molecule has 0 aliphatic carbocycles. The van der Waals surface area contributed by atoms with E-state index in [1.165, 1.54) is 48.5 Å². The number of hydrogen-bond donors (Lipinski definition) is 4. The van der Waals surface area contributed by atoms with Gasteiger partial charge in [-0.3, -0.25) is 4.79 Å². The summed E-state index contributed by atoms with van der Waals surface area (Å²) < 4.78 is 25.2. The summed E-state index contributed by atoms with van der Waals surface area (Å²) in [5, 5.41) is 2.69. The number of carbonyl (C=O) groups is 1. The molecule has 140 valence electrons. The van der Waals surface area contributed by atoms with Crippen molar-refractivity contribution in [3.05, 3.63) is 48.5 Å². The molecule has 2 aromatic carbocycles. The molecule has 1 atom stereocenters. The first kappa shape index (κ1) is 19.9. The Morgan fingerprint density at radius 2 is 1.50 bits per heavy atom. The Morgan fingerprint density at radius 1 is 0.962 bits per heavy atom. The summed E-state index contributed by atoms with van der Waals surface area (Å²) in [5.41, 5.74) is 17.8. The Morgan fingerprint density at radius 3 is 2.04 bits per heavy atom. The van der Waals surface area contributed by atoms with Crippen LogP contribution in [0.2, 0.25) is 0 Å². The molecule has 2 rings (SSSR count). The van der Waals surface area contributed by atoms with Crippen LogP contribution < -0.4 is 22.5 Å². The highest BCUT2D eigenvalue weighted by Gasteiger charge is 2.18. The molecule has 0 heterocycles. The van der Waals surface area contributed by atoms with E-state index in [0.717, 1.165) is 12.8 Å². The van der Waals surface area contributed by atoms with Gasteiger partial charge in [-0.15, -0.1) is 0 Å². The molecule has 0 aliphatic rings. The highest BCUT2D eigenvalue weighted by Crippen LogP contribution is 2.23. The minimum atomic E-state index is -3.64. The molecule has 0 bridgehead atoms. The van der Waals surface area contributed by atoms with Crippen LogP contribution in [0.15, 0.2) is 58.3 Å². The number of anilines is 2. The van der Waals surface area contributed by atoms with Gasteiger partial charge in [0.2, 0.25) is 15.7 Å². The molecule has 0 saturated heterocycles. The summed E-state index contributed by atoms with van der Waals surface area (Å²) in [6.45, 7) is 0.568. The molecule has 0 aliphatic heterocycles. The van der Waals surface area contributed by atoms with Crippen molar-refractivity contribution in [1.29, 1.82) is 0 Å². The normalized spacial score (nSPS) is 12.5. The third-order valence-corrected chi connectivity index (χ3v) is 5.71. The lowest BCUT2D eigenvalue weighted by molar-refractivity contribution is -0.117. The van der Waals surface area contributed by atoms with Gasteiger partial charge < -0.3 is 22.5 Å². The summed E-state index contributed by atoms with van der Waals surface area (Å²) in [5.74, 6) is -0.309. The average Bonchev–Trinajstić information content (AvgIpc) is 2.62. The Hall–Kier alpha value is -2.42. The van der Waals surface area contributed by atoms with Crippen LogP contribution in [0.5, 0.6) is 0 Å². The summed E-state index contributed by atoms with van der Waals surface area (Å²) >= 11 is 0. The summed E-state index contributed by atoms with van der Waals surface area (Å²) in [7, 11) is -3.64. The van der Waals surface area contributed by atoms with E-state index in [2.05, 4.69) is 5.32 Å². The van der Waals surface area contributed by atoms with E-state index < -0.39 is 15.9 Å². The number of amides is 1. The van der Waals surface area contributed by atoms with E-state index in [-0.39, 0.29) is 15.7 Å². The summed E-state index contributed by atoms with van der Waals surface area (Å²) in [4.78, 5) is 12.3. The Bertz CT molecular complexity index is 834. The molecule has 0 aromatic heterocycles. The number of hydrogen-bond acceptors (Lipinski definition) is 6. The van der Waals surface area contributed by atoms with Gasteiger partial charge in [-0.2, -0.15) is 0 Å². The number of sulfone groups is 1. The standard InChI is InChI=1S/C18H24N4O3S/c19-12-2-1-3-17(21)18(23)22-14-6-10-16(11-7-14)26(24,25)15-8-4-13(20)5-9-15/h4-11,17H,1-3,12,19-21H2,(H,22,23)/t17-/m0/s1. The first-order chi connectivity index (χ1) is 12.3. The van der Waals surface area contributed by atoms with Crippen molar-refractivity contribution >= 4 is 27.1 Å². The van der Waals surface area contributed by atoms with Gasteiger partial charge in [0.15, 0.2) is 0 Å². The number of benzene rings is 2. The lowest BCUT2D eigenvalue weighted by atomic mass is 10.1. The predicted molar refractivity (Wildman–Crippen MR) is 102 cm³/mol. The Kier molecular flexibility index (Phi) is 6.73. The fraction of sp³-hybridized carbons (Fsp3) is 0.278. The maximum Gasteiger partial charge on any atom is 0.241 e. The van der Waals surface area contributed by atoms with Crippen molar-refractivity contribution in [1.82, 2.24) is 0 Å². The molecular weight excluding hydrogens is 352 g/mol. The quantitative estimate of drug-likeness (QED) is 0.406. The minimum Gasteiger partial charge on any atom is -0.399 e. The molecule has 7 nitrogen and oxygen atoms in total. The van der Waals surface area contributed by atoms with E-state index in [1.54, 1.807) is 0 Å². The molecular formula is C18H24N4O3S. The van der Waals surface area contributed by atoms with Gasteiger partial charge >= 0.3 is 0 Å². The van der Waals surface area contributed by atoms with E-state index in [4.69, 9.17) is 17.2 Å². The van der Waals surface area contributed by atoms with Crippen LogP contribution in [-0.2, 0) is 14.6 Å². The number of nitrogens with one attached hydrogen (secondary N) is 1. The zero-order valence-electron chi connectivity index (χ0n) is 14.4. The van der Waals surface area contributed by atoms with E-state index >= 15 is 0 Å². The summed E-state index contributed by atoms with van der Waals surface area (Å²) in [6.07, 6.45) is 2.15. The number of carbonyl (C=O) groups excluding carboxylic acids is 1. The number of rotatable bonds is 8. The lowest BCUT2D eigenvalue weighted by Crippen LogP contribution is -2.35. The molecule has 0 saturated carbocycles. The van der Waals surface area contributed by atoms with Crippen molar-refractivity contribution in [3.8, 4) is 0 Å². The van der Waals surface area contributed by atoms with Crippen molar-refractivity contribution in [2.45, 2.75) is 35.1 Å². The second-order valence-electron chi connectivity index (χ2n) is 5.98. The van der Waals surface area contributed by atoms with E-state index in [0.29, 0.717) is 24.3 Å². The second kappa shape index (κ2) is 8.79. The monoisotopic (exact) mass is 376 g/mol. The fourth-order valence-electron chi connectivity index (χ4n) is 2.38. The smallest absolute Gasteiger partial charge is 0.241 e. The highest BCUT2D eigenvalue weighted by molar-refractivity contribution is 7.91. The molecule has 7 N–H and O–H groups in total. The van der Waals surface area contributed by atoms with Crippen LogP contribution in [-0.4, -0.2) is 26.9 Å². The minimum absolute atomic E-state index is 0.132. The lowest BCUT2D eigenvalue weighted by Gasteiger charge is -2.12. The first-order valence-electron chi connectivity index (χ1n) is 8.32. The average molecular weight is 376 g/mol. The van der Waals surface area contributed by atoms with Crippen LogP contribution in [0.4, 0.5) is 11.4 Å². The molecule has 0 spiro atoms. The molecule has 8 heteroatoms. The van der Waals surface area contributed by atoms with Crippen molar-refractivity contribution < 1.29 is 13.2 Å². The maximum atomic E-state index is 12.6. The highest BCUT2D eigenvalue weighted by atomic mass is 32.2. The number of nitrogen functional groups attached to an aromatic ring is 1. The maximum absolute atomic E-state index is 12.6. The third kappa shape index (κ3) is 5.04. The SMILES string of the molecule is NCCCC[C@H](N)C(=O)Nc1ccc(S(=O)(=O)c2ccc(N)cc2)cc1. The van der Waals surface area contributed by atoms with Gasteiger partial charge in [0, 0.05) is 11.4 Å². The molecule has 1 amide bonds. The van der Waals surface area contributed by atoms with Gasteiger partial charge in [0.1, 0.15) is 0 Å². The van der Waals surface area contributed by atoms with Crippen LogP contribution >= 0.6 is 0 Å². The van der Waals surface area contributed by atoms with Crippen LogP contribution in [0.3, 0.4) is 0 Å². The van der Waals surface area contributed by atoms with Crippen molar-refractivity contribution in [2.75, 3.05) is 17.6 Å². The van der Waals surface area contributed by atoms with Crippen LogP contribution in [0.25, 0.3) is 0 Å². The molecule has 2 aromatic rings. The first-order valence-corrected chi connectivity index (χ1v) is 9.80. The predicted octanol–water partition coefficient (Wildman–Crippen LogP) is 1.50. The van der Waals surface area contributed by atoms with E-state index in [9.17, 15) is 13.2 Å². The number of nitrogens with two attached hydrogens (primary N) is 3. The van der Waals surface area contributed by atoms with E-state index in [1.807, 2.05) is 0 Å². The van der Waals surface area contributed by atoms with Crippen LogP contribution in [0.1, 0.15) is 19.3 Å². The third-order valence-electron chi connectivity index (χ3n) is 3.93. The molecule has 26 heavy (non-hydrogen) atoms. The van der Waals surface area contributed by atoms with Crippen molar-refractivity contribution in [2.24, 2.45) is 11.5 Å². The van der Waals surface area contributed by atoms with Gasteiger partial charge in [-0.1, -0.05) is 6.42 Å². The topological polar surface area (TPSA) is 141 Å². The van der Waals surface area contributed by atoms with Crippen molar-refractivity contribution in [3.63, 3.8) is 0 Å². The van der Waals surface area contributed by atoms with Gasteiger partial charge in [-0.25, -0.2) is 8.42 Å². The summed E-state index contributed by atoms with van der Waals surface area (Å²) in [6, 6.07) is 11.3. The fourth-order valence-corrected chi connectivity index (χ4v) is 3.64. The molecule has 0 unspecified atom stereocenters. The zero-order chi connectivity index (χ0) is 19.2. The van der Waals surface area contributed by atoms with Gasteiger partial charge in [0.05, 0.1) is 15.8 Å². The number of unbranched alkanes of at least 4 members (excludes halogenated alkanes) is 1. The largest absolute Gasteiger partial charge is 0.399 e.